The highest BCUT2D eigenvalue weighted by Crippen LogP contribution is 2.26. The molecule has 0 amide bonds. The molecular formula is C16H23N3O. The number of aromatic amines is 1. The molecule has 4 heteroatoms. The highest BCUT2D eigenvalue weighted by molar-refractivity contribution is 5.80. The molecule has 1 aliphatic heterocycles. The molecule has 1 saturated heterocycles. The molecule has 1 fully saturated rings. The van der Waals surface area contributed by atoms with E-state index in [0.29, 0.717) is 12.0 Å². The minimum atomic E-state index is 0.334. The Kier molecular flexibility index (Phi) is 3.66. The van der Waals surface area contributed by atoms with Gasteiger partial charge in [0.15, 0.2) is 0 Å². The number of nitrogens with one attached hydrogen (secondary N) is 2. The number of hydrogen-bond acceptors (Lipinski definition) is 3. The number of aryl methyl sites for hydroxylation is 1. The minimum Gasteiger partial charge on any atom is -0.490 e. The monoisotopic (exact) mass is 273 g/mol. The van der Waals surface area contributed by atoms with Crippen molar-refractivity contribution < 1.29 is 4.74 Å². The van der Waals surface area contributed by atoms with Gasteiger partial charge in [-0.2, -0.15) is 0 Å². The first-order valence-corrected chi connectivity index (χ1v) is 7.51. The van der Waals surface area contributed by atoms with E-state index in [0.717, 1.165) is 48.5 Å². The minimum absolute atomic E-state index is 0.334. The van der Waals surface area contributed by atoms with E-state index in [-0.39, 0.29) is 0 Å². The maximum absolute atomic E-state index is 6.13. The number of hydrogen-bond donors (Lipinski definition) is 2. The molecule has 0 spiro atoms. The van der Waals surface area contributed by atoms with Crippen molar-refractivity contribution in [2.24, 2.45) is 0 Å². The molecule has 0 atom stereocenters. The molecule has 0 radical (unpaired) electrons. The lowest BCUT2D eigenvalue weighted by atomic mass is 10.1. The van der Waals surface area contributed by atoms with Crippen LogP contribution in [0.5, 0.6) is 5.75 Å². The molecule has 1 aromatic heterocycles. The molecule has 2 aromatic rings. The quantitative estimate of drug-likeness (QED) is 0.903. The van der Waals surface area contributed by atoms with E-state index in [1.165, 1.54) is 5.56 Å². The fourth-order valence-corrected chi connectivity index (χ4v) is 2.72. The topological polar surface area (TPSA) is 49.9 Å². The zero-order valence-electron chi connectivity index (χ0n) is 12.5. The summed E-state index contributed by atoms with van der Waals surface area (Å²) in [7, 11) is 0. The van der Waals surface area contributed by atoms with Crippen LogP contribution in [0.25, 0.3) is 11.0 Å². The van der Waals surface area contributed by atoms with Crippen molar-refractivity contribution in [2.75, 3.05) is 13.1 Å². The molecule has 0 unspecified atom stereocenters. The SMILES string of the molecule is Cc1cc(OC2CCNCC2)cc2[nH]c(C(C)C)nc12. The Labute approximate surface area is 119 Å². The lowest BCUT2D eigenvalue weighted by Crippen LogP contribution is -2.34. The van der Waals surface area contributed by atoms with Gasteiger partial charge >= 0.3 is 0 Å². The Morgan fingerprint density at radius 3 is 2.70 bits per heavy atom. The number of H-pyrrole nitrogens is 1. The van der Waals surface area contributed by atoms with Gasteiger partial charge in [-0.1, -0.05) is 13.8 Å². The zero-order valence-corrected chi connectivity index (χ0v) is 12.5. The van der Waals surface area contributed by atoms with Gasteiger partial charge in [-0.25, -0.2) is 4.98 Å². The lowest BCUT2D eigenvalue weighted by molar-refractivity contribution is 0.162. The summed E-state index contributed by atoms with van der Waals surface area (Å²) >= 11 is 0. The van der Waals surface area contributed by atoms with Gasteiger partial charge in [0.2, 0.25) is 0 Å². The summed E-state index contributed by atoms with van der Waals surface area (Å²) < 4.78 is 6.13. The van der Waals surface area contributed by atoms with Crippen LogP contribution in [0.3, 0.4) is 0 Å². The number of fused-ring (bicyclic) bond motifs is 1. The fourth-order valence-electron chi connectivity index (χ4n) is 2.72. The summed E-state index contributed by atoms with van der Waals surface area (Å²) in [6.07, 6.45) is 2.50. The summed E-state index contributed by atoms with van der Waals surface area (Å²) in [5, 5.41) is 3.36. The number of imidazole rings is 1. The van der Waals surface area contributed by atoms with E-state index in [1.54, 1.807) is 0 Å². The van der Waals surface area contributed by atoms with Crippen molar-refractivity contribution in [3.05, 3.63) is 23.5 Å². The fraction of sp³-hybridized carbons (Fsp3) is 0.562. The summed E-state index contributed by atoms with van der Waals surface area (Å²) in [4.78, 5) is 8.09. The van der Waals surface area contributed by atoms with Crippen molar-refractivity contribution in [1.82, 2.24) is 15.3 Å². The first-order chi connectivity index (χ1) is 9.63. The summed E-state index contributed by atoms with van der Waals surface area (Å²) in [6, 6.07) is 4.19. The van der Waals surface area contributed by atoms with Crippen molar-refractivity contribution in [3.8, 4) is 5.75 Å². The molecule has 4 nitrogen and oxygen atoms in total. The van der Waals surface area contributed by atoms with Gasteiger partial charge < -0.3 is 15.0 Å². The smallest absolute Gasteiger partial charge is 0.122 e. The summed E-state index contributed by atoms with van der Waals surface area (Å²) in [5.41, 5.74) is 3.32. The number of aromatic nitrogens is 2. The first-order valence-electron chi connectivity index (χ1n) is 7.51. The van der Waals surface area contributed by atoms with Crippen LogP contribution >= 0.6 is 0 Å². The molecule has 0 bridgehead atoms. The van der Waals surface area contributed by atoms with Gasteiger partial charge in [0.25, 0.3) is 0 Å². The molecule has 2 N–H and O–H groups in total. The third kappa shape index (κ3) is 2.66. The second kappa shape index (κ2) is 5.44. The number of rotatable bonds is 3. The Morgan fingerprint density at radius 1 is 1.25 bits per heavy atom. The number of benzene rings is 1. The van der Waals surface area contributed by atoms with Crippen LogP contribution in [-0.2, 0) is 0 Å². The molecule has 3 rings (SSSR count). The van der Waals surface area contributed by atoms with E-state index >= 15 is 0 Å². The van der Waals surface area contributed by atoms with Crippen LogP contribution in [0, 0.1) is 6.92 Å². The Bertz CT molecular complexity index is 597. The number of piperidine rings is 1. The normalized spacial score (nSPS) is 17.0. The highest BCUT2D eigenvalue weighted by Gasteiger charge is 2.16. The maximum Gasteiger partial charge on any atom is 0.122 e. The molecular weight excluding hydrogens is 250 g/mol. The first kappa shape index (κ1) is 13.4. The third-order valence-electron chi connectivity index (χ3n) is 3.90. The second-order valence-corrected chi connectivity index (χ2v) is 5.98. The summed E-state index contributed by atoms with van der Waals surface area (Å²) in [6.45, 7) is 8.50. The van der Waals surface area contributed by atoms with E-state index < -0.39 is 0 Å². The standard InChI is InChI=1S/C16H23N3O/c1-10(2)16-18-14-9-13(8-11(3)15(14)19-16)20-12-4-6-17-7-5-12/h8-10,12,17H,4-7H2,1-3H3,(H,18,19). The lowest BCUT2D eigenvalue weighted by Gasteiger charge is -2.24. The van der Waals surface area contributed by atoms with Crippen molar-refractivity contribution in [2.45, 2.75) is 45.6 Å². The Hall–Kier alpha value is -1.55. The molecule has 1 aromatic carbocycles. The average molecular weight is 273 g/mol. The molecule has 108 valence electrons. The van der Waals surface area contributed by atoms with E-state index in [1.807, 2.05) is 0 Å². The van der Waals surface area contributed by atoms with Crippen LogP contribution in [0.4, 0.5) is 0 Å². The largest absolute Gasteiger partial charge is 0.490 e. The van der Waals surface area contributed by atoms with Gasteiger partial charge in [-0.3, -0.25) is 0 Å². The summed E-state index contributed by atoms with van der Waals surface area (Å²) in [5.74, 6) is 2.42. The Morgan fingerprint density at radius 2 is 2.00 bits per heavy atom. The zero-order chi connectivity index (χ0) is 14.1. The highest BCUT2D eigenvalue weighted by atomic mass is 16.5. The van der Waals surface area contributed by atoms with Gasteiger partial charge in [0.05, 0.1) is 11.0 Å². The van der Waals surface area contributed by atoms with Gasteiger partial charge in [0.1, 0.15) is 17.7 Å². The van der Waals surface area contributed by atoms with Crippen molar-refractivity contribution in [1.29, 1.82) is 0 Å². The van der Waals surface area contributed by atoms with Gasteiger partial charge in [-0.15, -0.1) is 0 Å². The van der Waals surface area contributed by atoms with Crippen molar-refractivity contribution >= 4 is 11.0 Å². The average Bonchev–Trinajstić information content (AvgIpc) is 2.84. The maximum atomic E-state index is 6.13. The van der Waals surface area contributed by atoms with Crippen LogP contribution in [-0.4, -0.2) is 29.2 Å². The van der Waals surface area contributed by atoms with Crippen LogP contribution in [0.2, 0.25) is 0 Å². The number of ether oxygens (including phenoxy) is 1. The molecule has 2 heterocycles. The third-order valence-corrected chi connectivity index (χ3v) is 3.90. The van der Waals surface area contributed by atoms with E-state index in [2.05, 4.69) is 48.2 Å². The molecule has 0 aliphatic carbocycles. The van der Waals surface area contributed by atoms with Gasteiger partial charge in [-0.05, 0) is 44.5 Å². The molecule has 0 saturated carbocycles. The van der Waals surface area contributed by atoms with Gasteiger partial charge in [0, 0.05) is 12.0 Å². The Balaban J connectivity index is 1.88. The van der Waals surface area contributed by atoms with Crippen LogP contribution in [0.15, 0.2) is 12.1 Å². The molecule has 20 heavy (non-hydrogen) atoms. The van der Waals surface area contributed by atoms with Crippen molar-refractivity contribution in [3.63, 3.8) is 0 Å². The second-order valence-electron chi connectivity index (χ2n) is 5.98. The van der Waals surface area contributed by atoms with E-state index in [4.69, 9.17) is 4.74 Å². The van der Waals surface area contributed by atoms with E-state index in [9.17, 15) is 0 Å². The number of nitrogens with zero attached hydrogens (tertiary/aromatic N) is 1. The molecule has 1 aliphatic rings. The predicted octanol–water partition coefficient (Wildman–Crippen LogP) is 3.13. The predicted molar refractivity (Wildman–Crippen MR) is 81.4 cm³/mol. The van der Waals surface area contributed by atoms with Crippen LogP contribution < -0.4 is 10.1 Å². The van der Waals surface area contributed by atoms with Crippen LogP contribution in [0.1, 0.15) is 44.0 Å².